The number of aliphatic hydroxyl groups is 3. The molecule has 0 spiro atoms. The maximum absolute atomic E-state index is 12.8. The third kappa shape index (κ3) is 4.77. The Balaban J connectivity index is 1.52. The van der Waals surface area contributed by atoms with Crippen LogP contribution in [0.2, 0.25) is 0 Å². The van der Waals surface area contributed by atoms with Crippen LogP contribution in [0.1, 0.15) is 32.4 Å². The molecule has 0 radical (unpaired) electrons. The first-order chi connectivity index (χ1) is 16.6. The third-order valence-corrected chi connectivity index (χ3v) is 7.13. The maximum atomic E-state index is 12.8. The minimum Gasteiger partial charge on any atom is -0.391 e. The molecule has 3 heterocycles. The Bertz CT molecular complexity index is 934. The van der Waals surface area contributed by atoms with Gasteiger partial charge in [0.1, 0.15) is 18.4 Å². The lowest BCUT2D eigenvalue weighted by Gasteiger charge is -2.58. The summed E-state index contributed by atoms with van der Waals surface area (Å²) < 4.78 is 17.9. The molecule has 1 saturated carbocycles. The highest BCUT2D eigenvalue weighted by Crippen LogP contribution is 2.43. The van der Waals surface area contributed by atoms with Gasteiger partial charge < -0.3 is 40.2 Å². The van der Waals surface area contributed by atoms with E-state index in [1.165, 1.54) is 12.1 Å². The van der Waals surface area contributed by atoms with Crippen molar-refractivity contribution in [3.05, 3.63) is 34.1 Å². The van der Waals surface area contributed by atoms with Crippen LogP contribution in [0.25, 0.3) is 0 Å². The van der Waals surface area contributed by atoms with Crippen LogP contribution in [0.5, 0.6) is 0 Å². The Morgan fingerprint density at radius 3 is 2.63 bits per heavy atom. The van der Waals surface area contributed by atoms with E-state index in [-0.39, 0.29) is 18.5 Å². The molecule has 2 aliphatic heterocycles. The summed E-state index contributed by atoms with van der Waals surface area (Å²) in [6, 6.07) is 1.07. The van der Waals surface area contributed by atoms with Crippen LogP contribution in [0, 0.1) is 16.0 Å². The number of likely N-dealkylation sites (N-methyl/N-ethyl adjacent to an activating group) is 1. The first kappa shape index (κ1) is 25.8. The van der Waals surface area contributed by atoms with Crippen molar-refractivity contribution < 1.29 is 39.2 Å². The van der Waals surface area contributed by atoms with E-state index in [1.807, 2.05) is 6.92 Å². The fourth-order valence-corrected chi connectivity index (χ4v) is 5.28. The summed E-state index contributed by atoms with van der Waals surface area (Å²) in [5, 5.41) is 49.8. The number of carbonyl (C=O) groups is 1. The average molecular weight is 497 g/mol. The summed E-state index contributed by atoms with van der Waals surface area (Å²) in [5.41, 5.74) is 0.130. The molecule has 0 bridgehead atoms. The lowest BCUT2D eigenvalue weighted by atomic mass is 9.74. The average Bonchev–Trinajstić information content (AvgIpc) is 2.80. The van der Waals surface area contributed by atoms with E-state index in [1.54, 1.807) is 14.0 Å². The van der Waals surface area contributed by atoms with Gasteiger partial charge in [-0.3, -0.25) is 19.9 Å². The first-order valence-corrected chi connectivity index (χ1v) is 11.7. The molecule has 10 atom stereocenters. The van der Waals surface area contributed by atoms with Crippen LogP contribution < -0.4 is 10.6 Å². The SMILES string of the molecule is CC[C@@H]1[C@H](O)[C@H](NC)C2O[C@]3(O)C(OC2[C@@H]1O)O[C@H](C)C[C@H]3NC(=O)Cc1ccc([N+](=O)[O-])cn1. The standard InChI is InChI=1S/C22H32N4O9/c1-4-13-17(28)16(23-3)19-20(18(13)29)34-21-22(30,35-19)14(7-10(2)33-21)25-15(27)8-11-5-6-12(9-24-11)26(31)32/h5-6,9-10,13-14,16-21,23,28-30H,4,7-8H2,1-3H3,(H,25,27)/t10-,13-,14-,16+,17+,18-,19?,20?,21?,22+/m1/s1. The Kier molecular flexibility index (Phi) is 7.38. The van der Waals surface area contributed by atoms with Gasteiger partial charge in [0.15, 0.2) is 0 Å². The minimum absolute atomic E-state index is 0.174. The fraction of sp³-hybridized carbons (Fsp3) is 0.727. The largest absolute Gasteiger partial charge is 0.391 e. The Labute approximate surface area is 201 Å². The van der Waals surface area contributed by atoms with E-state index in [0.717, 1.165) is 6.20 Å². The quantitative estimate of drug-likeness (QED) is 0.240. The lowest BCUT2D eigenvalue weighted by Crippen LogP contribution is -2.77. The van der Waals surface area contributed by atoms with Gasteiger partial charge >= 0.3 is 0 Å². The van der Waals surface area contributed by atoms with E-state index in [0.29, 0.717) is 12.1 Å². The van der Waals surface area contributed by atoms with Crippen LogP contribution in [0.15, 0.2) is 18.3 Å². The van der Waals surface area contributed by atoms with Crippen molar-refractivity contribution in [2.75, 3.05) is 7.05 Å². The van der Waals surface area contributed by atoms with Gasteiger partial charge in [-0.15, -0.1) is 0 Å². The third-order valence-electron chi connectivity index (χ3n) is 7.13. The molecule has 13 heteroatoms. The van der Waals surface area contributed by atoms with Gasteiger partial charge in [0.05, 0.1) is 47.4 Å². The number of nitro groups is 1. The fourth-order valence-electron chi connectivity index (χ4n) is 5.28. The summed E-state index contributed by atoms with van der Waals surface area (Å²) >= 11 is 0. The van der Waals surface area contributed by atoms with Crippen molar-refractivity contribution in [3.63, 3.8) is 0 Å². The molecule has 13 nitrogen and oxygen atoms in total. The van der Waals surface area contributed by atoms with Crippen molar-refractivity contribution in [1.82, 2.24) is 15.6 Å². The first-order valence-electron chi connectivity index (χ1n) is 11.7. The Morgan fingerprint density at radius 1 is 1.29 bits per heavy atom. The number of hydrogen-bond donors (Lipinski definition) is 5. The van der Waals surface area contributed by atoms with Gasteiger partial charge in [-0.1, -0.05) is 6.92 Å². The van der Waals surface area contributed by atoms with Crippen LogP contribution in [-0.4, -0.2) is 92.9 Å². The van der Waals surface area contributed by atoms with Crippen molar-refractivity contribution in [1.29, 1.82) is 0 Å². The molecule has 3 fully saturated rings. The number of carbonyl (C=O) groups excluding carboxylic acids is 1. The number of fused-ring (bicyclic) bond motifs is 2. The van der Waals surface area contributed by atoms with E-state index >= 15 is 0 Å². The topological polar surface area (TPSA) is 186 Å². The van der Waals surface area contributed by atoms with Crippen LogP contribution in [0.3, 0.4) is 0 Å². The lowest BCUT2D eigenvalue weighted by molar-refractivity contribution is -0.450. The Hall–Kier alpha value is -2.26. The van der Waals surface area contributed by atoms with Gasteiger partial charge in [0, 0.05) is 12.0 Å². The highest BCUT2D eigenvalue weighted by molar-refractivity contribution is 5.78. The number of ether oxygens (including phenoxy) is 3. The molecule has 1 aromatic heterocycles. The van der Waals surface area contributed by atoms with Gasteiger partial charge in [-0.05, 0) is 32.9 Å². The highest BCUT2D eigenvalue weighted by Gasteiger charge is 2.63. The number of nitrogens with one attached hydrogen (secondary N) is 2. The molecular weight excluding hydrogens is 464 g/mol. The van der Waals surface area contributed by atoms with Crippen LogP contribution in [-0.2, 0) is 25.4 Å². The number of aliphatic hydroxyl groups excluding tert-OH is 2. The van der Waals surface area contributed by atoms with E-state index in [2.05, 4.69) is 15.6 Å². The van der Waals surface area contributed by atoms with Gasteiger partial charge in [-0.2, -0.15) is 0 Å². The predicted molar refractivity (Wildman–Crippen MR) is 119 cm³/mol. The molecule has 5 N–H and O–H groups in total. The van der Waals surface area contributed by atoms with Crippen LogP contribution in [0.4, 0.5) is 5.69 Å². The molecule has 35 heavy (non-hydrogen) atoms. The number of nitrogens with zero attached hydrogens (tertiary/aromatic N) is 2. The Morgan fingerprint density at radius 2 is 2.03 bits per heavy atom. The molecule has 0 aromatic carbocycles. The summed E-state index contributed by atoms with van der Waals surface area (Å²) in [6.07, 6.45) is -3.85. The zero-order chi connectivity index (χ0) is 25.5. The van der Waals surface area contributed by atoms with Gasteiger partial charge in [0.25, 0.3) is 5.69 Å². The van der Waals surface area contributed by atoms with Crippen molar-refractivity contribution in [2.45, 2.75) is 87.8 Å². The zero-order valence-electron chi connectivity index (χ0n) is 19.7. The van der Waals surface area contributed by atoms with Crippen molar-refractivity contribution >= 4 is 11.6 Å². The second-order valence-corrected chi connectivity index (χ2v) is 9.38. The monoisotopic (exact) mass is 496 g/mol. The summed E-state index contributed by atoms with van der Waals surface area (Å²) in [5.74, 6) is -3.03. The molecular formula is C22H32N4O9. The van der Waals surface area contributed by atoms with Crippen LogP contribution >= 0.6 is 0 Å². The van der Waals surface area contributed by atoms with Gasteiger partial charge in [0.2, 0.25) is 18.0 Å². The molecule has 3 unspecified atom stereocenters. The number of amides is 1. The van der Waals surface area contributed by atoms with Crippen molar-refractivity contribution in [3.8, 4) is 0 Å². The van der Waals surface area contributed by atoms with E-state index in [4.69, 9.17) is 14.2 Å². The minimum atomic E-state index is -2.08. The molecule has 2 saturated heterocycles. The van der Waals surface area contributed by atoms with Gasteiger partial charge in [-0.25, -0.2) is 0 Å². The molecule has 1 aliphatic carbocycles. The second-order valence-electron chi connectivity index (χ2n) is 9.38. The summed E-state index contributed by atoms with van der Waals surface area (Å²) in [6.45, 7) is 3.62. The normalized spacial score (nSPS) is 40.9. The molecule has 1 aromatic rings. The summed E-state index contributed by atoms with van der Waals surface area (Å²) in [4.78, 5) is 27.0. The second kappa shape index (κ2) is 10.0. The van der Waals surface area contributed by atoms with Crippen molar-refractivity contribution in [2.24, 2.45) is 5.92 Å². The molecule has 1 amide bonds. The number of aromatic nitrogens is 1. The summed E-state index contributed by atoms with van der Waals surface area (Å²) in [7, 11) is 1.64. The molecule has 194 valence electrons. The van der Waals surface area contributed by atoms with E-state index in [9.17, 15) is 30.2 Å². The predicted octanol–water partition coefficient (Wildman–Crippen LogP) is -1.03. The number of pyridine rings is 1. The number of hydrogen-bond acceptors (Lipinski definition) is 11. The number of rotatable bonds is 6. The highest BCUT2D eigenvalue weighted by atomic mass is 16.8. The smallest absolute Gasteiger partial charge is 0.287 e. The molecule has 4 rings (SSSR count). The molecule has 3 aliphatic rings. The van der Waals surface area contributed by atoms with E-state index < -0.39 is 71.4 Å². The maximum Gasteiger partial charge on any atom is 0.287 e. The zero-order valence-corrected chi connectivity index (χ0v) is 19.7.